The number of benzene rings is 1. The maximum Gasteiger partial charge on any atom is 0.224 e. The summed E-state index contributed by atoms with van der Waals surface area (Å²) in [5.41, 5.74) is 1.02. The fourth-order valence-corrected chi connectivity index (χ4v) is 1.77. The first-order valence-electron chi connectivity index (χ1n) is 5.25. The van der Waals surface area contributed by atoms with Crippen molar-refractivity contribution in [1.29, 1.82) is 0 Å². The SMILES string of the molecule is O=C(Cc1ccccc1)NC1CC(O)C1. The Hall–Kier alpha value is -1.35. The van der Waals surface area contributed by atoms with E-state index in [0.29, 0.717) is 19.3 Å². The first-order chi connectivity index (χ1) is 7.24. The normalized spacial score (nSPS) is 24.3. The number of carbonyl (C=O) groups excluding carboxylic acids is 1. The fraction of sp³-hybridized carbons (Fsp3) is 0.417. The Balaban J connectivity index is 1.78. The van der Waals surface area contributed by atoms with Crippen LogP contribution in [-0.4, -0.2) is 23.2 Å². The lowest BCUT2D eigenvalue weighted by molar-refractivity contribution is -0.122. The number of nitrogens with one attached hydrogen (secondary N) is 1. The van der Waals surface area contributed by atoms with Gasteiger partial charge in [0.15, 0.2) is 0 Å². The topological polar surface area (TPSA) is 49.3 Å². The third kappa shape index (κ3) is 2.80. The molecule has 1 aromatic rings. The van der Waals surface area contributed by atoms with Gasteiger partial charge < -0.3 is 10.4 Å². The Morgan fingerprint density at radius 1 is 1.33 bits per heavy atom. The van der Waals surface area contributed by atoms with Crippen molar-refractivity contribution in [3.05, 3.63) is 35.9 Å². The quantitative estimate of drug-likeness (QED) is 0.769. The van der Waals surface area contributed by atoms with E-state index in [9.17, 15) is 4.79 Å². The van der Waals surface area contributed by atoms with Crippen molar-refractivity contribution < 1.29 is 9.90 Å². The predicted molar refractivity (Wildman–Crippen MR) is 57.3 cm³/mol. The van der Waals surface area contributed by atoms with Crippen molar-refractivity contribution in [3.8, 4) is 0 Å². The zero-order chi connectivity index (χ0) is 10.7. The Labute approximate surface area is 89.1 Å². The number of carbonyl (C=O) groups is 1. The predicted octanol–water partition coefficient (Wildman–Crippen LogP) is 0.869. The average molecular weight is 205 g/mol. The van der Waals surface area contributed by atoms with Crippen LogP contribution >= 0.6 is 0 Å². The van der Waals surface area contributed by atoms with Crippen LogP contribution in [0.25, 0.3) is 0 Å². The van der Waals surface area contributed by atoms with Crippen LogP contribution in [0.3, 0.4) is 0 Å². The molecule has 1 aliphatic rings. The molecule has 2 N–H and O–H groups in total. The molecule has 0 heterocycles. The van der Waals surface area contributed by atoms with Crippen molar-refractivity contribution in [2.24, 2.45) is 0 Å². The van der Waals surface area contributed by atoms with Crippen LogP contribution in [0, 0.1) is 0 Å². The van der Waals surface area contributed by atoms with Gasteiger partial charge in [0, 0.05) is 6.04 Å². The number of amides is 1. The highest BCUT2D eigenvalue weighted by molar-refractivity contribution is 5.78. The minimum absolute atomic E-state index is 0.0399. The van der Waals surface area contributed by atoms with E-state index in [-0.39, 0.29) is 18.1 Å². The van der Waals surface area contributed by atoms with Crippen LogP contribution in [0.2, 0.25) is 0 Å². The minimum atomic E-state index is -0.216. The number of aliphatic hydroxyl groups is 1. The van der Waals surface area contributed by atoms with Crippen molar-refractivity contribution in [1.82, 2.24) is 5.32 Å². The van der Waals surface area contributed by atoms with Crippen molar-refractivity contribution >= 4 is 5.91 Å². The molecule has 80 valence electrons. The molecule has 0 bridgehead atoms. The molecule has 1 amide bonds. The summed E-state index contributed by atoms with van der Waals surface area (Å²) in [4.78, 5) is 11.5. The number of hydrogen-bond donors (Lipinski definition) is 2. The standard InChI is InChI=1S/C12H15NO2/c14-11-7-10(8-11)13-12(15)6-9-4-2-1-3-5-9/h1-5,10-11,14H,6-8H2,(H,13,15). The zero-order valence-electron chi connectivity index (χ0n) is 8.52. The summed E-state index contributed by atoms with van der Waals surface area (Å²) in [6.45, 7) is 0. The summed E-state index contributed by atoms with van der Waals surface area (Å²) in [7, 11) is 0. The van der Waals surface area contributed by atoms with Gasteiger partial charge in [0.25, 0.3) is 0 Å². The molecule has 2 rings (SSSR count). The summed E-state index contributed by atoms with van der Waals surface area (Å²) in [5, 5.41) is 12.0. The molecule has 0 aromatic heterocycles. The van der Waals surface area contributed by atoms with E-state index >= 15 is 0 Å². The summed E-state index contributed by atoms with van der Waals surface area (Å²) in [5.74, 6) is 0.0399. The van der Waals surface area contributed by atoms with Crippen LogP contribution in [0.4, 0.5) is 0 Å². The minimum Gasteiger partial charge on any atom is -0.393 e. The van der Waals surface area contributed by atoms with Crippen molar-refractivity contribution in [3.63, 3.8) is 0 Å². The Morgan fingerprint density at radius 3 is 2.60 bits per heavy atom. The van der Waals surface area contributed by atoms with E-state index in [0.717, 1.165) is 5.56 Å². The van der Waals surface area contributed by atoms with E-state index < -0.39 is 0 Å². The maximum atomic E-state index is 11.5. The molecule has 0 unspecified atom stereocenters. The molecule has 0 saturated heterocycles. The molecule has 3 heteroatoms. The molecule has 1 saturated carbocycles. The van der Waals surface area contributed by atoms with Gasteiger partial charge >= 0.3 is 0 Å². The van der Waals surface area contributed by atoms with Gasteiger partial charge in [0.2, 0.25) is 5.91 Å². The number of aliphatic hydroxyl groups excluding tert-OH is 1. The van der Waals surface area contributed by atoms with E-state index in [2.05, 4.69) is 5.32 Å². The monoisotopic (exact) mass is 205 g/mol. The number of hydrogen-bond acceptors (Lipinski definition) is 2. The van der Waals surface area contributed by atoms with E-state index in [4.69, 9.17) is 5.11 Å². The molecule has 0 radical (unpaired) electrons. The van der Waals surface area contributed by atoms with Crippen LogP contribution in [-0.2, 0) is 11.2 Å². The average Bonchev–Trinajstić information content (AvgIpc) is 2.17. The fourth-order valence-electron chi connectivity index (χ4n) is 1.77. The van der Waals surface area contributed by atoms with Gasteiger partial charge in [-0.3, -0.25) is 4.79 Å². The van der Waals surface area contributed by atoms with Gasteiger partial charge in [0.1, 0.15) is 0 Å². The van der Waals surface area contributed by atoms with E-state index in [1.807, 2.05) is 30.3 Å². The van der Waals surface area contributed by atoms with Crippen LogP contribution in [0.5, 0.6) is 0 Å². The second-order valence-corrected chi connectivity index (χ2v) is 4.05. The van der Waals surface area contributed by atoms with Gasteiger partial charge in [-0.25, -0.2) is 0 Å². The molecule has 0 aliphatic heterocycles. The lowest BCUT2D eigenvalue weighted by Crippen LogP contribution is -2.47. The molecule has 0 atom stereocenters. The van der Waals surface area contributed by atoms with Gasteiger partial charge in [0.05, 0.1) is 12.5 Å². The van der Waals surface area contributed by atoms with E-state index in [1.165, 1.54) is 0 Å². The molecule has 3 nitrogen and oxygen atoms in total. The van der Waals surface area contributed by atoms with Crippen LogP contribution < -0.4 is 5.32 Å². The molecule has 15 heavy (non-hydrogen) atoms. The first kappa shape index (κ1) is 10.2. The Bertz CT molecular complexity index is 331. The van der Waals surface area contributed by atoms with Gasteiger partial charge in [-0.2, -0.15) is 0 Å². The second kappa shape index (κ2) is 4.45. The third-order valence-corrected chi connectivity index (χ3v) is 2.69. The molecule has 1 aliphatic carbocycles. The maximum absolute atomic E-state index is 11.5. The summed E-state index contributed by atoms with van der Waals surface area (Å²) in [6.07, 6.45) is 1.60. The third-order valence-electron chi connectivity index (χ3n) is 2.69. The summed E-state index contributed by atoms with van der Waals surface area (Å²) in [6, 6.07) is 9.84. The van der Waals surface area contributed by atoms with Gasteiger partial charge in [-0.05, 0) is 18.4 Å². The Morgan fingerprint density at radius 2 is 2.00 bits per heavy atom. The van der Waals surface area contributed by atoms with Gasteiger partial charge in [-0.15, -0.1) is 0 Å². The van der Waals surface area contributed by atoms with Crippen molar-refractivity contribution in [2.75, 3.05) is 0 Å². The summed E-state index contributed by atoms with van der Waals surface area (Å²) >= 11 is 0. The first-order valence-corrected chi connectivity index (χ1v) is 5.25. The van der Waals surface area contributed by atoms with Crippen molar-refractivity contribution in [2.45, 2.75) is 31.4 Å². The van der Waals surface area contributed by atoms with Crippen LogP contribution in [0.1, 0.15) is 18.4 Å². The molecular formula is C12H15NO2. The largest absolute Gasteiger partial charge is 0.393 e. The van der Waals surface area contributed by atoms with E-state index in [1.54, 1.807) is 0 Å². The highest BCUT2D eigenvalue weighted by Crippen LogP contribution is 2.19. The Kier molecular flexibility index (Phi) is 3.02. The molecular weight excluding hydrogens is 190 g/mol. The number of rotatable bonds is 3. The second-order valence-electron chi connectivity index (χ2n) is 4.05. The molecule has 1 aromatic carbocycles. The smallest absolute Gasteiger partial charge is 0.224 e. The molecule has 1 fully saturated rings. The van der Waals surface area contributed by atoms with Crippen LogP contribution in [0.15, 0.2) is 30.3 Å². The van der Waals surface area contributed by atoms with Gasteiger partial charge in [-0.1, -0.05) is 30.3 Å². The molecule has 0 spiro atoms. The highest BCUT2D eigenvalue weighted by atomic mass is 16.3. The lowest BCUT2D eigenvalue weighted by Gasteiger charge is -2.31. The lowest BCUT2D eigenvalue weighted by atomic mass is 9.89. The zero-order valence-corrected chi connectivity index (χ0v) is 8.52. The summed E-state index contributed by atoms with van der Waals surface area (Å²) < 4.78 is 0. The highest BCUT2D eigenvalue weighted by Gasteiger charge is 2.28.